The Hall–Kier alpha value is -3.13. The Morgan fingerprint density at radius 2 is 1.65 bits per heavy atom. The quantitative estimate of drug-likeness (QED) is 0.348. The molecular weight excluding hydrogens is 475 g/mol. The molecule has 1 amide bonds. The minimum absolute atomic E-state index is 0.00349. The van der Waals surface area contributed by atoms with Gasteiger partial charge < -0.3 is 10.2 Å². The minimum Gasteiger partial charge on any atom is -0.368 e. The Bertz CT molecular complexity index is 1180. The Morgan fingerprint density at radius 3 is 2.29 bits per heavy atom. The van der Waals surface area contributed by atoms with Crippen molar-refractivity contribution in [2.24, 2.45) is 0 Å². The lowest BCUT2D eigenvalue weighted by molar-refractivity contribution is -0.384. The molecule has 9 heteroatoms. The molecule has 0 atom stereocenters. The number of piperazine rings is 1. The zero-order valence-electron chi connectivity index (χ0n) is 18.4. The first-order chi connectivity index (χ1) is 16.4. The number of nitro groups is 1. The van der Waals surface area contributed by atoms with Crippen molar-refractivity contribution in [3.05, 3.63) is 98.0 Å². The molecule has 3 aromatic carbocycles. The smallest absolute Gasteiger partial charge is 0.269 e. The van der Waals surface area contributed by atoms with Gasteiger partial charge in [-0.2, -0.15) is 0 Å². The number of hydrogen-bond acceptors (Lipinski definition) is 5. The first kappa shape index (κ1) is 24.0. The number of nitro benzene ring substituents is 1. The van der Waals surface area contributed by atoms with Crippen LogP contribution in [0.3, 0.4) is 0 Å². The summed E-state index contributed by atoms with van der Waals surface area (Å²) in [5.74, 6) is -0.217. The maximum atomic E-state index is 12.4. The first-order valence-corrected chi connectivity index (χ1v) is 11.7. The summed E-state index contributed by atoms with van der Waals surface area (Å²) in [4.78, 5) is 27.3. The molecule has 1 fully saturated rings. The molecule has 7 nitrogen and oxygen atoms in total. The summed E-state index contributed by atoms with van der Waals surface area (Å²) < 4.78 is 0. The zero-order chi connectivity index (χ0) is 24.1. The molecule has 0 aliphatic carbocycles. The highest BCUT2D eigenvalue weighted by atomic mass is 35.5. The standard InChI is InChI=1S/C25H24Cl2N4O3/c26-22-4-2-1-3-19(22)17-29-11-13-30(14-12-29)24-10-7-20(16-23(24)27)28-25(32)15-18-5-8-21(9-6-18)31(33)34/h1-10,16H,11-15,17H2,(H,28,32). The zero-order valence-corrected chi connectivity index (χ0v) is 19.9. The molecule has 1 N–H and O–H groups in total. The number of carbonyl (C=O) groups is 1. The highest BCUT2D eigenvalue weighted by molar-refractivity contribution is 6.33. The lowest BCUT2D eigenvalue weighted by Crippen LogP contribution is -2.46. The van der Waals surface area contributed by atoms with Crippen molar-refractivity contribution in [3.8, 4) is 0 Å². The van der Waals surface area contributed by atoms with E-state index in [9.17, 15) is 14.9 Å². The predicted molar refractivity (Wildman–Crippen MR) is 136 cm³/mol. The number of non-ortho nitro benzene ring substituents is 1. The van der Waals surface area contributed by atoms with E-state index in [1.54, 1.807) is 18.2 Å². The Kier molecular flexibility index (Phi) is 7.67. The molecule has 0 spiro atoms. The summed E-state index contributed by atoms with van der Waals surface area (Å²) >= 11 is 12.8. The van der Waals surface area contributed by atoms with Gasteiger partial charge in [0.15, 0.2) is 0 Å². The number of halogens is 2. The van der Waals surface area contributed by atoms with Crippen LogP contribution in [0.5, 0.6) is 0 Å². The van der Waals surface area contributed by atoms with Crippen LogP contribution in [0.25, 0.3) is 0 Å². The molecule has 3 aromatic rings. The minimum atomic E-state index is -0.466. The Balaban J connectivity index is 1.31. The van der Waals surface area contributed by atoms with Crippen molar-refractivity contribution < 1.29 is 9.72 Å². The number of amides is 1. The monoisotopic (exact) mass is 498 g/mol. The second-order valence-corrected chi connectivity index (χ2v) is 8.98. The maximum absolute atomic E-state index is 12.4. The van der Waals surface area contributed by atoms with Gasteiger partial charge in [0.05, 0.1) is 22.1 Å². The molecule has 176 valence electrons. The lowest BCUT2D eigenvalue weighted by Gasteiger charge is -2.36. The molecule has 0 saturated carbocycles. The molecule has 4 rings (SSSR count). The summed E-state index contributed by atoms with van der Waals surface area (Å²) in [5.41, 5.74) is 3.37. The van der Waals surface area contributed by atoms with E-state index < -0.39 is 4.92 Å². The van der Waals surface area contributed by atoms with E-state index >= 15 is 0 Å². The third kappa shape index (κ3) is 6.05. The summed E-state index contributed by atoms with van der Waals surface area (Å²) in [7, 11) is 0. The molecule has 0 aromatic heterocycles. The van der Waals surface area contributed by atoms with Crippen LogP contribution >= 0.6 is 23.2 Å². The van der Waals surface area contributed by atoms with Crippen molar-refractivity contribution in [2.75, 3.05) is 36.4 Å². The summed E-state index contributed by atoms with van der Waals surface area (Å²) in [6.45, 7) is 4.30. The second kappa shape index (κ2) is 10.9. The highest BCUT2D eigenvalue weighted by Crippen LogP contribution is 2.30. The average molecular weight is 499 g/mol. The molecule has 1 heterocycles. The van der Waals surface area contributed by atoms with Gasteiger partial charge in [-0.1, -0.05) is 53.5 Å². The van der Waals surface area contributed by atoms with E-state index in [4.69, 9.17) is 23.2 Å². The van der Waals surface area contributed by atoms with Gasteiger partial charge in [0, 0.05) is 55.6 Å². The number of hydrogen-bond donors (Lipinski definition) is 1. The first-order valence-electron chi connectivity index (χ1n) is 10.9. The van der Waals surface area contributed by atoms with Crippen molar-refractivity contribution in [2.45, 2.75) is 13.0 Å². The van der Waals surface area contributed by atoms with Gasteiger partial charge in [-0.05, 0) is 35.4 Å². The van der Waals surface area contributed by atoms with Crippen LogP contribution in [0.2, 0.25) is 10.0 Å². The third-order valence-electron chi connectivity index (χ3n) is 5.81. The van der Waals surface area contributed by atoms with Gasteiger partial charge in [0.25, 0.3) is 5.69 Å². The molecule has 34 heavy (non-hydrogen) atoms. The van der Waals surface area contributed by atoms with Crippen LogP contribution in [0.1, 0.15) is 11.1 Å². The molecule has 0 unspecified atom stereocenters. The van der Waals surface area contributed by atoms with Gasteiger partial charge in [-0.15, -0.1) is 0 Å². The van der Waals surface area contributed by atoms with Gasteiger partial charge in [-0.3, -0.25) is 19.8 Å². The van der Waals surface area contributed by atoms with Crippen LogP contribution in [-0.2, 0) is 17.8 Å². The predicted octanol–water partition coefficient (Wildman–Crippen LogP) is 5.41. The lowest BCUT2D eigenvalue weighted by atomic mass is 10.1. The SMILES string of the molecule is O=C(Cc1ccc([N+](=O)[O-])cc1)Nc1ccc(N2CCN(Cc3ccccc3Cl)CC2)c(Cl)c1. The van der Waals surface area contributed by atoms with Crippen molar-refractivity contribution in [1.29, 1.82) is 0 Å². The molecule has 0 radical (unpaired) electrons. The number of carbonyl (C=O) groups excluding carboxylic acids is 1. The summed E-state index contributed by atoms with van der Waals surface area (Å²) in [6.07, 6.45) is 0.116. The normalized spacial score (nSPS) is 14.1. The van der Waals surface area contributed by atoms with E-state index in [0.29, 0.717) is 16.3 Å². The molecule has 1 saturated heterocycles. The topological polar surface area (TPSA) is 78.7 Å². The van der Waals surface area contributed by atoms with Crippen LogP contribution in [0.4, 0.5) is 17.1 Å². The number of nitrogens with one attached hydrogen (secondary N) is 1. The molecule has 0 bridgehead atoms. The fourth-order valence-electron chi connectivity index (χ4n) is 3.98. The van der Waals surface area contributed by atoms with Gasteiger partial charge in [-0.25, -0.2) is 0 Å². The van der Waals surface area contributed by atoms with Crippen molar-refractivity contribution in [1.82, 2.24) is 4.90 Å². The summed E-state index contributed by atoms with van der Waals surface area (Å²) in [6, 6.07) is 19.4. The molecule has 1 aliphatic rings. The van der Waals surface area contributed by atoms with Crippen LogP contribution < -0.4 is 10.2 Å². The van der Waals surface area contributed by atoms with Gasteiger partial charge in [0.2, 0.25) is 5.91 Å². The number of nitrogens with zero attached hydrogens (tertiary/aromatic N) is 3. The fraction of sp³-hybridized carbons (Fsp3) is 0.240. The molecule has 1 aliphatic heterocycles. The fourth-order valence-corrected chi connectivity index (χ4v) is 4.48. The maximum Gasteiger partial charge on any atom is 0.269 e. The van der Waals surface area contributed by atoms with Crippen LogP contribution in [-0.4, -0.2) is 41.9 Å². The largest absolute Gasteiger partial charge is 0.368 e. The van der Waals surface area contributed by atoms with E-state index in [0.717, 1.165) is 49.0 Å². The number of benzene rings is 3. The van der Waals surface area contributed by atoms with Gasteiger partial charge in [0.1, 0.15) is 0 Å². The highest BCUT2D eigenvalue weighted by Gasteiger charge is 2.20. The van der Waals surface area contributed by atoms with Gasteiger partial charge >= 0.3 is 0 Å². The Morgan fingerprint density at radius 1 is 0.941 bits per heavy atom. The van der Waals surface area contributed by atoms with E-state index in [1.807, 2.05) is 30.3 Å². The number of anilines is 2. The van der Waals surface area contributed by atoms with E-state index in [-0.39, 0.29) is 18.0 Å². The van der Waals surface area contributed by atoms with Crippen molar-refractivity contribution >= 4 is 46.2 Å². The second-order valence-electron chi connectivity index (χ2n) is 8.17. The van der Waals surface area contributed by atoms with Crippen LogP contribution in [0.15, 0.2) is 66.7 Å². The summed E-state index contributed by atoms with van der Waals surface area (Å²) in [5, 5.41) is 15.0. The molecular formula is C25H24Cl2N4O3. The average Bonchev–Trinajstić information content (AvgIpc) is 2.82. The van der Waals surface area contributed by atoms with E-state index in [1.165, 1.54) is 12.1 Å². The Labute approximate surface area is 208 Å². The third-order valence-corrected chi connectivity index (χ3v) is 6.48. The van der Waals surface area contributed by atoms with Crippen LogP contribution in [0, 0.1) is 10.1 Å². The van der Waals surface area contributed by atoms with Crippen molar-refractivity contribution in [3.63, 3.8) is 0 Å². The number of rotatable bonds is 7. The van der Waals surface area contributed by atoms with E-state index in [2.05, 4.69) is 21.2 Å².